The fourth-order valence-electron chi connectivity index (χ4n) is 3.93. The molecule has 1 aliphatic carbocycles. The number of hydrogen-bond donors (Lipinski definition) is 1. The van der Waals surface area contributed by atoms with Crippen molar-refractivity contribution in [2.45, 2.75) is 51.1 Å². The molecule has 3 atom stereocenters. The molecule has 0 spiro atoms. The largest absolute Gasteiger partial charge is 0.368 e. The minimum Gasteiger partial charge on any atom is -0.368 e. The Morgan fingerprint density at radius 2 is 2.05 bits per heavy atom. The van der Waals surface area contributed by atoms with Crippen molar-refractivity contribution in [3.05, 3.63) is 29.8 Å². The first-order valence-electron chi connectivity index (χ1n) is 7.81. The fourth-order valence-corrected chi connectivity index (χ4v) is 3.93. The summed E-state index contributed by atoms with van der Waals surface area (Å²) in [4.78, 5) is 2.67. The van der Waals surface area contributed by atoms with Gasteiger partial charge in [-0.15, -0.1) is 0 Å². The van der Waals surface area contributed by atoms with Crippen LogP contribution in [0.3, 0.4) is 0 Å². The highest BCUT2D eigenvalue weighted by atomic mass is 15.2. The van der Waals surface area contributed by atoms with Gasteiger partial charge in [0.05, 0.1) is 0 Å². The van der Waals surface area contributed by atoms with Gasteiger partial charge in [0.25, 0.3) is 0 Å². The van der Waals surface area contributed by atoms with Crippen LogP contribution in [0, 0.1) is 5.92 Å². The quantitative estimate of drug-likeness (QED) is 0.895. The Hall–Kier alpha value is -1.02. The second-order valence-electron chi connectivity index (χ2n) is 6.25. The molecule has 0 amide bonds. The van der Waals surface area contributed by atoms with Gasteiger partial charge in [0, 0.05) is 24.3 Å². The second kappa shape index (κ2) is 5.54. The maximum Gasteiger partial charge on any atom is 0.0401 e. The maximum atomic E-state index is 3.52. The van der Waals surface area contributed by atoms with Crippen LogP contribution in [0.15, 0.2) is 24.3 Å². The molecule has 0 bridgehead atoms. The van der Waals surface area contributed by atoms with E-state index in [2.05, 4.69) is 48.5 Å². The molecule has 1 aromatic carbocycles. The van der Waals surface area contributed by atoms with Crippen LogP contribution in [-0.4, -0.2) is 25.7 Å². The number of hydrogen-bond acceptors (Lipinski definition) is 2. The third-order valence-corrected chi connectivity index (χ3v) is 5.13. The number of rotatable bonds is 3. The summed E-state index contributed by atoms with van der Waals surface area (Å²) in [6.45, 7) is 3.61. The van der Waals surface area contributed by atoms with E-state index >= 15 is 0 Å². The lowest BCUT2D eigenvalue weighted by atomic mass is 9.94. The zero-order valence-corrected chi connectivity index (χ0v) is 12.2. The van der Waals surface area contributed by atoms with Crippen molar-refractivity contribution < 1.29 is 0 Å². The molecule has 104 valence electrons. The van der Waals surface area contributed by atoms with Gasteiger partial charge in [-0.2, -0.15) is 0 Å². The maximum absolute atomic E-state index is 3.52. The topological polar surface area (TPSA) is 15.3 Å². The number of aryl methyl sites for hydroxylation is 1. The summed E-state index contributed by atoms with van der Waals surface area (Å²) >= 11 is 0. The third kappa shape index (κ3) is 2.51. The number of benzene rings is 1. The SMILES string of the molecule is CNC1CCCC1CN1c2ccccc2CCC1C. The monoisotopic (exact) mass is 258 g/mol. The highest BCUT2D eigenvalue weighted by molar-refractivity contribution is 5.56. The van der Waals surface area contributed by atoms with Gasteiger partial charge in [-0.1, -0.05) is 24.6 Å². The van der Waals surface area contributed by atoms with Crippen LogP contribution in [0.2, 0.25) is 0 Å². The van der Waals surface area contributed by atoms with E-state index in [9.17, 15) is 0 Å². The second-order valence-corrected chi connectivity index (χ2v) is 6.25. The zero-order chi connectivity index (χ0) is 13.2. The first-order chi connectivity index (χ1) is 9.29. The number of anilines is 1. The summed E-state index contributed by atoms with van der Waals surface area (Å²) in [5.74, 6) is 0.818. The molecule has 2 nitrogen and oxygen atoms in total. The van der Waals surface area contributed by atoms with Crippen molar-refractivity contribution in [1.29, 1.82) is 0 Å². The summed E-state index contributed by atoms with van der Waals surface area (Å²) < 4.78 is 0. The van der Waals surface area contributed by atoms with Crippen molar-refractivity contribution in [3.8, 4) is 0 Å². The lowest BCUT2D eigenvalue weighted by molar-refractivity contribution is 0.401. The number of fused-ring (bicyclic) bond motifs is 1. The average Bonchev–Trinajstić information content (AvgIpc) is 2.89. The van der Waals surface area contributed by atoms with Crippen LogP contribution in [0.1, 0.15) is 38.2 Å². The van der Waals surface area contributed by atoms with Crippen molar-refractivity contribution in [3.63, 3.8) is 0 Å². The van der Waals surface area contributed by atoms with Crippen LogP contribution in [0.25, 0.3) is 0 Å². The Morgan fingerprint density at radius 3 is 2.89 bits per heavy atom. The molecular weight excluding hydrogens is 232 g/mol. The highest BCUT2D eigenvalue weighted by Gasteiger charge is 2.31. The molecule has 2 heteroatoms. The summed E-state index contributed by atoms with van der Waals surface area (Å²) in [5, 5.41) is 3.52. The van der Waals surface area contributed by atoms with Crippen molar-refractivity contribution >= 4 is 5.69 Å². The molecule has 0 aromatic heterocycles. The molecule has 0 saturated heterocycles. The van der Waals surface area contributed by atoms with Crippen molar-refractivity contribution in [2.24, 2.45) is 5.92 Å². The van der Waals surface area contributed by atoms with Crippen LogP contribution >= 0.6 is 0 Å². The molecule has 3 unspecified atom stereocenters. The molecular formula is C17H26N2. The van der Waals surface area contributed by atoms with E-state index in [1.165, 1.54) is 44.3 Å². The first-order valence-corrected chi connectivity index (χ1v) is 7.81. The standard InChI is InChI=1S/C17H26N2/c1-13-10-11-14-6-3-4-9-17(14)19(13)12-15-7-5-8-16(15)18-2/h3-4,6,9,13,15-16,18H,5,7-8,10-12H2,1-2H3. The molecule has 1 fully saturated rings. The normalized spacial score (nSPS) is 30.4. The lowest BCUT2D eigenvalue weighted by Gasteiger charge is -2.39. The molecule has 1 saturated carbocycles. The minimum absolute atomic E-state index is 0.688. The van der Waals surface area contributed by atoms with E-state index in [1.54, 1.807) is 5.56 Å². The van der Waals surface area contributed by atoms with E-state index in [4.69, 9.17) is 0 Å². The van der Waals surface area contributed by atoms with E-state index in [0.717, 1.165) is 12.0 Å². The smallest absolute Gasteiger partial charge is 0.0401 e. The first kappa shape index (κ1) is 13.0. The van der Waals surface area contributed by atoms with E-state index in [0.29, 0.717) is 6.04 Å². The van der Waals surface area contributed by atoms with Crippen LogP contribution in [0.5, 0.6) is 0 Å². The molecule has 1 N–H and O–H groups in total. The molecule has 1 heterocycles. The van der Waals surface area contributed by atoms with E-state index in [1.807, 2.05) is 0 Å². The minimum atomic E-state index is 0.688. The Morgan fingerprint density at radius 1 is 1.21 bits per heavy atom. The number of nitrogens with one attached hydrogen (secondary N) is 1. The lowest BCUT2D eigenvalue weighted by Crippen LogP contribution is -2.44. The number of para-hydroxylation sites is 1. The molecule has 1 aliphatic heterocycles. The van der Waals surface area contributed by atoms with Crippen LogP contribution in [-0.2, 0) is 6.42 Å². The predicted molar refractivity (Wildman–Crippen MR) is 81.8 cm³/mol. The fraction of sp³-hybridized carbons (Fsp3) is 0.647. The van der Waals surface area contributed by atoms with Gasteiger partial charge in [-0.25, -0.2) is 0 Å². The van der Waals surface area contributed by atoms with Gasteiger partial charge in [0.2, 0.25) is 0 Å². The van der Waals surface area contributed by atoms with Crippen LogP contribution in [0.4, 0.5) is 5.69 Å². The van der Waals surface area contributed by atoms with Gasteiger partial charge in [0.1, 0.15) is 0 Å². The van der Waals surface area contributed by atoms with Gasteiger partial charge >= 0.3 is 0 Å². The van der Waals surface area contributed by atoms with Crippen LogP contribution < -0.4 is 10.2 Å². The summed E-state index contributed by atoms with van der Waals surface area (Å²) in [6.07, 6.45) is 6.67. The Kier molecular flexibility index (Phi) is 3.79. The van der Waals surface area contributed by atoms with Gasteiger partial charge < -0.3 is 10.2 Å². The van der Waals surface area contributed by atoms with Gasteiger partial charge in [-0.05, 0) is 57.2 Å². The Bertz CT molecular complexity index is 429. The molecule has 2 aliphatic rings. The van der Waals surface area contributed by atoms with Gasteiger partial charge in [0.15, 0.2) is 0 Å². The Balaban J connectivity index is 1.80. The summed E-state index contributed by atoms with van der Waals surface area (Å²) in [6, 6.07) is 10.4. The van der Waals surface area contributed by atoms with Gasteiger partial charge in [-0.3, -0.25) is 0 Å². The van der Waals surface area contributed by atoms with Crippen molar-refractivity contribution in [2.75, 3.05) is 18.5 Å². The third-order valence-electron chi connectivity index (χ3n) is 5.13. The predicted octanol–water partition coefficient (Wildman–Crippen LogP) is 3.22. The van der Waals surface area contributed by atoms with E-state index in [-0.39, 0.29) is 0 Å². The molecule has 0 radical (unpaired) electrons. The van der Waals surface area contributed by atoms with Crippen molar-refractivity contribution in [1.82, 2.24) is 5.32 Å². The van der Waals surface area contributed by atoms with E-state index < -0.39 is 0 Å². The zero-order valence-electron chi connectivity index (χ0n) is 12.2. The number of nitrogens with zero attached hydrogens (tertiary/aromatic N) is 1. The molecule has 1 aromatic rings. The summed E-state index contributed by atoms with van der Waals surface area (Å²) in [7, 11) is 2.12. The summed E-state index contributed by atoms with van der Waals surface area (Å²) in [5.41, 5.74) is 3.03. The molecule has 3 rings (SSSR count). The average molecular weight is 258 g/mol. The Labute approximate surface area is 117 Å². The molecule has 19 heavy (non-hydrogen) atoms. The highest BCUT2D eigenvalue weighted by Crippen LogP contribution is 2.34.